The Kier molecular flexibility index (Phi) is 7.19. The Labute approximate surface area is 175 Å². The second-order valence-corrected chi connectivity index (χ2v) is 7.29. The third kappa shape index (κ3) is 6.02. The molecular formula is C22H24N2O4S. The summed E-state index contributed by atoms with van der Waals surface area (Å²) in [5, 5.41) is 5.73. The highest BCUT2D eigenvalue weighted by atomic mass is 32.1. The molecule has 1 fully saturated rings. The van der Waals surface area contributed by atoms with E-state index in [2.05, 4.69) is 10.6 Å². The van der Waals surface area contributed by atoms with Gasteiger partial charge in [0.2, 0.25) is 0 Å². The van der Waals surface area contributed by atoms with Crippen LogP contribution in [0.1, 0.15) is 52.8 Å². The lowest BCUT2D eigenvalue weighted by molar-refractivity contribution is 0.0211. The number of benzene rings is 2. The van der Waals surface area contributed by atoms with Gasteiger partial charge in [0.25, 0.3) is 5.91 Å². The molecule has 0 aromatic heterocycles. The molecule has 29 heavy (non-hydrogen) atoms. The summed E-state index contributed by atoms with van der Waals surface area (Å²) in [5.74, 6) is 0.0426. The summed E-state index contributed by atoms with van der Waals surface area (Å²) in [4.78, 5) is 24.5. The number of carbonyl (C=O) groups excluding carboxylic acids is 2. The molecule has 2 aromatic rings. The number of ether oxygens (including phenoxy) is 2. The first-order valence-electron chi connectivity index (χ1n) is 9.62. The molecule has 1 saturated carbocycles. The van der Waals surface area contributed by atoms with Crippen LogP contribution in [0.2, 0.25) is 0 Å². The highest BCUT2D eigenvalue weighted by molar-refractivity contribution is 7.80. The SMILES string of the molecule is COc1ccc(C(=O)NC(=S)Nc2ccc(C(=O)OC3CCCCC3)cc2)cc1. The van der Waals surface area contributed by atoms with Gasteiger partial charge in [0, 0.05) is 11.3 Å². The molecule has 1 amide bonds. The molecule has 1 aliphatic carbocycles. The van der Waals surface area contributed by atoms with Crippen LogP contribution in [0.15, 0.2) is 48.5 Å². The van der Waals surface area contributed by atoms with E-state index in [1.165, 1.54) is 6.42 Å². The molecule has 2 N–H and O–H groups in total. The van der Waals surface area contributed by atoms with Gasteiger partial charge in [0.1, 0.15) is 11.9 Å². The minimum absolute atomic E-state index is 0.0230. The zero-order valence-corrected chi connectivity index (χ0v) is 17.1. The van der Waals surface area contributed by atoms with E-state index in [0.717, 1.165) is 25.7 Å². The first-order valence-corrected chi connectivity index (χ1v) is 10.0. The Morgan fingerprint density at radius 1 is 0.931 bits per heavy atom. The Morgan fingerprint density at radius 3 is 2.17 bits per heavy atom. The zero-order chi connectivity index (χ0) is 20.6. The van der Waals surface area contributed by atoms with Gasteiger partial charge >= 0.3 is 5.97 Å². The number of nitrogens with one attached hydrogen (secondary N) is 2. The number of methoxy groups -OCH3 is 1. The average molecular weight is 413 g/mol. The van der Waals surface area contributed by atoms with Crippen LogP contribution in [0, 0.1) is 0 Å². The molecule has 0 spiro atoms. The van der Waals surface area contributed by atoms with E-state index in [1.54, 1.807) is 55.6 Å². The number of anilines is 1. The predicted octanol–water partition coefficient (Wildman–Crippen LogP) is 4.31. The standard InChI is InChI=1S/C22H24N2O4S/c1-27-18-13-9-15(10-14-18)20(25)24-22(29)23-17-11-7-16(8-12-17)21(26)28-19-5-3-2-4-6-19/h7-14,19H,2-6H2,1H3,(H2,23,24,25,29). The summed E-state index contributed by atoms with van der Waals surface area (Å²) < 4.78 is 10.6. The maximum atomic E-state index is 12.3. The molecule has 7 heteroatoms. The van der Waals surface area contributed by atoms with Crippen molar-refractivity contribution in [1.82, 2.24) is 5.32 Å². The minimum Gasteiger partial charge on any atom is -0.497 e. The molecular weight excluding hydrogens is 388 g/mol. The number of esters is 1. The fourth-order valence-corrected chi connectivity index (χ4v) is 3.38. The van der Waals surface area contributed by atoms with E-state index >= 15 is 0 Å². The van der Waals surface area contributed by atoms with E-state index < -0.39 is 0 Å². The fraction of sp³-hybridized carbons (Fsp3) is 0.318. The first-order chi connectivity index (χ1) is 14.0. The molecule has 1 aliphatic rings. The smallest absolute Gasteiger partial charge is 0.338 e. The van der Waals surface area contributed by atoms with Crippen molar-refractivity contribution < 1.29 is 19.1 Å². The van der Waals surface area contributed by atoms with Gasteiger partial charge in [-0.1, -0.05) is 6.42 Å². The average Bonchev–Trinajstić information content (AvgIpc) is 2.75. The van der Waals surface area contributed by atoms with Gasteiger partial charge in [-0.05, 0) is 86.4 Å². The first kappa shape index (κ1) is 20.8. The van der Waals surface area contributed by atoms with E-state index in [-0.39, 0.29) is 23.1 Å². The molecule has 0 radical (unpaired) electrons. The van der Waals surface area contributed by atoms with E-state index in [0.29, 0.717) is 22.6 Å². The van der Waals surface area contributed by atoms with E-state index in [1.807, 2.05) is 0 Å². The number of hydrogen-bond acceptors (Lipinski definition) is 5. The predicted molar refractivity (Wildman–Crippen MR) is 115 cm³/mol. The number of amides is 1. The summed E-state index contributed by atoms with van der Waals surface area (Å²) in [6.07, 6.45) is 5.33. The van der Waals surface area contributed by atoms with Gasteiger partial charge in [-0.25, -0.2) is 4.79 Å². The number of thiocarbonyl (C=S) groups is 1. The van der Waals surface area contributed by atoms with Crippen LogP contribution in [0.4, 0.5) is 5.69 Å². The lowest BCUT2D eigenvalue weighted by Crippen LogP contribution is -2.34. The van der Waals surface area contributed by atoms with Crippen LogP contribution < -0.4 is 15.4 Å². The van der Waals surface area contributed by atoms with Crippen LogP contribution in [0.25, 0.3) is 0 Å². The van der Waals surface area contributed by atoms with Crippen LogP contribution >= 0.6 is 12.2 Å². The van der Waals surface area contributed by atoms with Crippen molar-refractivity contribution in [2.45, 2.75) is 38.2 Å². The third-order valence-corrected chi connectivity index (χ3v) is 4.99. The molecule has 152 valence electrons. The van der Waals surface area contributed by atoms with Crippen molar-refractivity contribution in [3.05, 3.63) is 59.7 Å². The number of hydrogen-bond donors (Lipinski definition) is 2. The summed E-state index contributed by atoms with van der Waals surface area (Å²) in [6.45, 7) is 0. The molecule has 3 rings (SSSR count). The summed E-state index contributed by atoms with van der Waals surface area (Å²) in [6, 6.07) is 13.5. The summed E-state index contributed by atoms with van der Waals surface area (Å²) >= 11 is 5.19. The second kappa shape index (κ2) is 10.0. The highest BCUT2D eigenvalue weighted by Gasteiger charge is 2.18. The van der Waals surface area contributed by atoms with Crippen molar-refractivity contribution in [2.75, 3.05) is 12.4 Å². The zero-order valence-electron chi connectivity index (χ0n) is 16.3. The van der Waals surface area contributed by atoms with E-state index in [9.17, 15) is 9.59 Å². The van der Waals surface area contributed by atoms with Gasteiger partial charge in [0.15, 0.2) is 5.11 Å². The lowest BCUT2D eigenvalue weighted by atomic mass is 9.98. The Balaban J connectivity index is 1.51. The Hall–Kier alpha value is -2.93. The van der Waals surface area contributed by atoms with Gasteiger partial charge in [0.05, 0.1) is 12.7 Å². The molecule has 0 atom stereocenters. The van der Waals surface area contributed by atoms with Crippen LogP contribution in [0.3, 0.4) is 0 Å². The largest absolute Gasteiger partial charge is 0.497 e. The van der Waals surface area contributed by atoms with E-state index in [4.69, 9.17) is 21.7 Å². The van der Waals surface area contributed by atoms with Gasteiger partial charge in [-0.15, -0.1) is 0 Å². The van der Waals surface area contributed by atoms with Crippen LogP contribution in [0.5, 0.6) is 5.75 Å². The van der Waals surface area contributed by atoms with Crippen molar-refractivity contribution in [1.29, 1.82) is 0 Å². The van der Waals surface area contributed by atoms with Gasteiger partial charge in [-0.2, -0.15) is 0 Å². The van der Waals surface area contributed by atoms with Crippen LogP contribution in [-0.2, 0) is 4.74 Å². The highest BCUT2D eigenvalue weighted by Crippen LogP contribution is 2.22. The number of rotatable bonds is 5. The van der Waals surface area contributed by atoms with Crippen molar-refractivity contribution in [3.63, 3.8) is 0 Å². The maximum absolute atomic E-state index is 12.3. The summed E-state index contributed by atoms with van der Waals surface area (Å²) in [7, 11) is 1.56. The normalized spacial score (nSPS) is 14.0. The van der Waals surface area contributed by atoms with Gasteiger partial charge < -0.3 is 14.8 Å². The monoisotopic (exact) mass is 412 g/mol. The topological polar surface area (TPSA) is 76.7 Å². The summed E-state index contributed by atoms with van der Waals surface area (Å²) in [5.41, 5.74) is 1.63. The lowest BCUT2D eigenvalue weighted by Gasteiger charge is -2.21. The third-order valence-electron chi connectivity index (χ3n) is 4.78. The van der Waals surface area contributed by atoms with Gasteiger partial charge in [-0.3, -0.25) is 10.1 Å². The van der Waals surface area contributed by atoms with Crippen molar-refractivity contribution in [2.24, 2.45) is 0 Å². The quantitative estimate of drug-likeness (QED) is 0.563. The molecule has 0 aliphatic heterocycles. The maximum Gasteiger partial charge on any atom is 0.338 e. The van der Waals surface area contributed by atoms with Crippen molar-refractivity contribution in [3.8, 4) is 5.75 Å². The Bertz CT molecular complexity index is 859. The van der Waals surface area contributed by atoms with Crippen molar-refractivity contribution >= 4 is 34.9 Å². The fourth-order valence-electron chi connectivity index (χ4n) is 3.17. The van der Waals surface area contributed by atoms with Crippen LogP contribution in [-0.4, -0.2) is 30.2 Å². The Morgan fingerprint density at radius 2 is 1.55 bits per heavy atom. The second-order valence-electron chi connectivity index (χ2n) is 6.88. The molecule has 0 heterocycles. The molecule has 6 nitrogen and oxygen atoms in total. The minimum atomic E-state index is -0.321. The number of carbonyl (C=O) groups is 2. The molecule has 0 saturated heterocycles. The molecule has 0 bridgehead atoms. The molecule has 2 aromatic carbocycles. The molecule has 0 unspecified atom stereocenters.